The average molecular weight is 205 g/mol. The van der Waals surface area contributed by atoms with Crippen molar-refractivity contribution in [2.45, 2.75) is 20.4 Å². The first-order valence-electron chi connectivity index (χ1n) is 4.99. The highest BCUT2D eigenvalue weighted by molar-refractivity contribution is 5.55. The number of hydrogen-bond donors (Lipinski definition) is 1. The molecule has 0 spiro atoms. The predicted octanol–water partition coefficient (Wildman–Crippen LogP) is 1.69. The Kier molecular flexibility index (Phi) is 2.45. The molecular formula is C10H15N5. The topological polar surface area (TPSA) is 47.7 Å². The molecule has 0 aliphatic rings. The maximum atomic E-state index is 4.26. The van der Waals surface area contributed by atoms with Crippen LogP contribution in [0.2, 0.25) is 0 Å². The van der Waals surface area contributed by atoms with Crippen molar-refractivity contribution in [2.24, 2.45) is 7.05 Å². The lowest BCUT2D eigenvalue weighted by Gasteiger charge is -2.05. The molecule has 0 fully saturated rings. The van der Waals surface area contributed by atoms with E-state index >= 15 is 0 Å². The second kappa shape index (κ2) is 3.76. The Morgan fingerprint density at radius 3 is 2.87 bits per heavy atom. The van der Waals surface area contributed by atoms with Crippen molar-refractivity contribution in [3.05, 3.63) is 24.3 Å². The Morgan fingerprint density at radius 1 is 1.47 bits per heavy atom. The molecule has 0 atom stereocenters. The third-order valence-corrected chi connectivity index (χ3v) is 2.32. The summed E-state index contributed by atoms with van der Waals surface area (Å²) in [6.07, 6.45) is 5.69. The van der Waals surface area contributed by atoms with Crippen LogP contribution in [0.25, 0.3) is 0 Å². The minimum atomic E-state index is 0.855. The number of anilines is 2. The van der Waals surface area contributed by atoms with Crippen LogP contribution >= 0.6 is 0 Å². The summed E-state index contributed by atoms with van der Waals surface area (Å²) in [6.45, 7) is 4.96. The van der Waals surface area contributed by atoms with Gasteiger partial charge in [0.05, 0.1) is 11.4 Å². The molecule has 0 aliphatic carbocycles. The van der Waals surface area contributed by atoms with E-state index in [1.165, 1.54) is 0 Å². The summed E-state index contributed by atoms with van der Waals surface area (Å²) in [4.78, 5) is 4.25. The van der Waals surface area contributed by atoms with E-state index in [4.69, 9.17) is 0 Å². The van der Waals surface area contributed by atoms with Gasteiger partial charge in [0.2, 0.25) is 5.95 Å². The van der Waals surface area contributed by atoms with Crippen molar-refractivity contribution in [1.82, 2.24) is 19.3 Å². The summed E-state index contributed by atoms with van der Waals surface area (Å²) in [7, 11) is 1.91. The zero-order valence-corrected chi connectivity index (χ0v) is 9.23. The van der Waals surface area contributed by atoms with Crippen molar-refractivity contribution in [1.29, 1.82) is 0 Å². The van der Waals surface area contributed by atoms with Gasteiger partial charge >= 0.3 is 0 Å². The summed E-state index contributed by atoms with van der Waals surface area (Å²) in [5, 5.41) is 7.53. The Hall–Kier alpha value is -1.78. The first kappa shape index (κ1) is 9.76. The maximum absolute atomic E-state index is 4.26. The molecule has 0 aromatic carbocycles. The Balaban J connectivity index is 2.25. The van der Waals surface area contributed by atoms with E-state index in [-0.39, 0.29) is 0 Å². The summed E-state index contributed by atoms with van der Waals surface area (Å²) in [5.41, 5.74) is 1.97. The zero-order chi connectivity index (χ0) is 10.8. The molecule has 0 aliphatic heterocycles. The van der Waals surface area contributed by atoms with Gasteiger partial charge in [-0.15, -0.1) is 0 Å². The highest BCUT2D eigenvalue weighted by Gasteiger charge is 2.06. The van der Waals surface area contributed by atoms with Gasteiger partial charge in [-0.1, -0.05) is 0 Å². The lowest BCUT2D eigenvalue weighted by molar-refractivity contribution is 0.756. The second-order valence-corrected chi connectivity index (χ2v) is 3.46. The molecule has 0 amide bonds. The van der Waals surface area contributed by atoms with Crippen molar-refractivity contribution in [2.75, 3.05) is 5.32 Å². The smallest absolute Gasteiger partial charge is 0.207 e. The third-order valence-electron chi connectivity index (χ3n) is 2.32. The van der Waals surface area contributed by atoms with Crippen LogP contribution in [0.15, 0.2) is 18.6 Å². The van der Waals surface area contributed by atoms with E-state index in [2.05, 4.69) is 22.3 Å². The molecule has 15 heavy (non-hydrogen) atoms. The Morgan fingerprint density at radius 2 is 2.27 bits per heavy atom. The molecule has 0 saturated carbocycles. The second-order valence-electron chi connectivity index (χ2n) is 3.46. The first-order valence-corrected chi connectivity index (χ1v) is 4.99. The normalized spacial score (nSPS) is 10.6. The molecule has 2 rings (SSSR count). The minimum absolute atomic E-state index is 0.855. The van der Waals surface area contributed by atoms with Gasteiger partial charge in [-0.3, -0.25) is 4.68 Å². The van der Waals surface area contributed by atoms with Crippen LogP contribution in [-0.4, -0.2) is 19.3 Å². The third kappa shape index (κ3) is 1.86. The molecule has 0 unspecified atom stereocenters. The summed E-state index contributed by atoms with van der Waals surface area (Å²) in [6, 6.07) is 0. The highest BCUT2D eigenvalue weighted by atomic mass is 15.3. The number of rotatable bonds is 3. The van der Waals surface area contributed by atoms with Gasteiger partial charge in [0.1, 0.15) is 0 Å². The SMILES string of the molecule is CCn1ccnc1Nc1cn(C)nc1C. The van der Waals surface area contributed by atoms with E-state index < -0.39 is 0 Å². The van der Waals surface area contributed by atoms with Crippen LogP contribution in [0.5, 0.6) is 0 Å². The van der Waals surface area contributed by atoms with Crippen molar-refractivity contribution >= 4 is 11.6 Å². The maximum Gasteiger partial charge on any atom is 0.207 e. The molecular weight excluding hydrogens is 190 g/mol. The number of nitrogens with zero attached hydrogens (tertiary/aromatic N) is 4. The van der Waals surface area contributed by atoms with Crippen molar-refractivity contribution in [3.8, 4) is 0 Å². The molecule has 5 heteroatoms. The molecule has 2 aromatic heterocycles. The standard InChI is InChI=1S/C10H15N5/c1-4-15-6-5-11-10(15)12-9-7-14(3)13-8(9)2/h5-7H,4H2,1-3H3,(H,11,12). The first-order chi connectivity index (χ1) is 7.20. The van der Waals surface area contributed by atoms with Crippen LogP contribution in [0.1, 0.15) is 12.6 Å². The number of aromatic nitrogens is 4. The fourth-order valence-corrected chi connectivity index (χ4v) is 1.53. The molecule has 0 radical (unpaired) electrons. The molecule has 0 saturated heterocycles. The fraction of sp³-hybridized carbons (Fsp3) is 0.400. The van der Waals surface area contributed by atoms with E-state index in [1.807, 2.05) is 30.9 Å². The molecule has 80 valence electrons. The molecule has 2 aromatic rings. The molecule has 1 N–H and O–H groups in total. The molecule has 0 bridgehead atoms. The number of imidazole rings is 1. The average Bonchev–Trinajstić information content (AvgIpc) is 2.74. The van der Waals surface area contributed by atoms with E-state index in [9.17, 15) is 0 Å². The van der Waals surface area contributed by atoms with Gasteiger partial charge in [-0.05, 0) is 13.8 Å². The van der Waals surface area contributed by atoms with Gasteiger partial charge in [0.15, 0.2) is 0 Å². The lowest BCUT2D eigenvalue weighted by atomic mass is 10.4. The number of hydrogen-bond acceptors (Lipinski definition) is 3. The van der Waals surface area contributed by atoms with Gasteiger partial charge in [0, 0.05) is 32.2 Å². The van der Waals surface area contributed by atoms with Gasteiger partial charge in [-0.25, -0.2) is 4.98 Å². The van der Waals surface area contributed by atoms with Gasteiger partial charge in [-0.2, -0.15) is 5.10 Å². The van der Waals surface area contributed by atoms with E-state index in [1.54, 1.807) is 10.9 Å². The van der Waals surface area contributed by atoms with E-state index in [0.29, 0.717) is 0 Å². The predicted molar refractivity (Wildman–Crippen MR) is 59.1 cm³/mol. The van der Waals surface area contributed by atoms with Crippen LogP contribution in [0.4, 0.5) is 11.6 Å². The molecule has 2 heterocycles. The van der Waals surface area contributed by atoms with Crippen LogP contribution in [0.3, 0.4) is 0 Å². The van der Waals surface area contributed by atoms with Crippen LogP contribution in [0, 0.1) is 6.92 Å². The number of aryl methyl sites for hydroxylation is 3. The highest BCUT2D eigenvalue weighted by Crippen LogP contribution is 2.17. The monoisotopic (exact) mass is 205 g/mol. The molecule has 5 nitrogen and oxygen atoms in total. The summed E-state index contributed by atoms with van der Waals surface area (Å²) in [5.74, 6) is 0.855. The van der Waals surface area contributed by atoms with Crippen LogP contribution in [-0.2, 0) is 13.6 Å². The van der Waals surface area contributed by atoms with Crippen molar-refractivity contribution < 1.29 is 0 Å². The number of nitrogens with one attached hydrogen (secondary N) is 1. The van der Waals surface area contributed by atoms with Crippen molar-refractivity contribution in [3.63, 3.8) is 0 Å². The van der Waals surface area contributed by atoms with E-state index in [0.717, 1.165) is 23.9 Å². The van der Waals surface area contributed by atoms with Gasteiger partial charge < -0.3 is 9.88 Å². The van der Waals surface area contributed by atoms with Gasteiger partial charge in [0.25, 0.3) is 0 Å². The minimum Gasteiger partial charge on any atom is -0.323 e. The quantitative estimate of drug-likeness (QED) is 0.829. The largest absolute Gasteiger partial charge is 0.323 e. The summed E-state index contributed by atoms with van der Waals surface area (Å²) < 4.78 is 3.84. The Bertz CT molecular complexity index is 454. The fourth-order valence-electron chi connectivity index (χ4n) is 1.53. The van der Waals surface area contributed by atoms with Crippen LogP contribution < -0.4 is 5.32 Å². The Labute approximate surface area is 88.7 Å². The summed E-state index contributed by atoms with van der Waals surface area (Å²) >= 11 is 0. The lowest BCUT2D eigenvalue weighted by Crippen LogP contribution is -2.01. The zero-order valence-electron chi connectivity index (χ0n) is 9.23.